The standard InChI is InChI=1S/C13H11F3N4O3/c14-13(15,16)10-5-9(7-1-2-7)17-12(18-10)23-6-20-4-3-8(19-20)11(21)22/h3-5,7H,1-2,6H2,(H,21,22). The zero-order valence-electron chi connectivity index (χ0n) is 11.6. The minimum absolute atomic E-state index is 0.00441. The lowest BCUT2D eigenvalue weighted by Gasteiger charge is -2.10. The van der Waals surface area contributed by atoms with Gasteiger partial charge in [-0.25, -0.2) is 9.48 Å². The zero-order valence-corrected chi connectivity index (χ0v) is 11.6. The van der Waals surface area contributed by atoms with E-state index in [1.54, 1.807) is 0 Å². The van der Waals surface area contributed by atoms with E-state index in [-0.39, 0.29) is 18.3 Å². The Morgan fingerprint density at radius 1 is 1.39 bits per heavy atom. The van der Waals surface area contributed by atoms with Crippen LogP contribution in [0.4, 0.5) is 13.2 Å². The van der Waals surface area contributed by atoms with E-state index in [0.717, 1.165) is 23.6 Å². The second-order valence-corrected chi connectivity index (χ2v) is 5.05. The number of halogens is 3. The molecule has 3 rings (SSSR count). The molecule has 1 aliphatic rings. The van der Waals surface area contributed by atoms with Crippen molar-refractivity contribution in [2.24, 2.45) is 0 Å². The molecule has 1 aliphatic carbocycles. The molecule has 0 saturated heterocycles. The molecule has 2 aromatic heterocycles. The van der Waals surface area contributed by atoms with Crippen molar-refractivity contribution in [3.8, 4) is 6.01 Å². The van der Waals surface area contributed by atoms with Crippen molar-refractivity contribution < 1.29 is 27.8 Å². The number of hydrogen-bond acceptors (Lipinski definition) is 5. The maximum absolute atomic E-state index is 12.9. The number of aromatic nitrogens is 4. The van der Waals surface area contributed by atoms with Gasteiger partial charge >= 0.3 is 18.2 Å². The first-order chi connectivity index (χ1) is 10.8. The van der Waals surface area contributed by atoms with Crippen molar-refractivity contribution in [2.75, 3.05) is 0 Å². The number of ether oxygens (including phenoxy) is 1. The highest BCUT2D eigenvalue weighted by molar-refractivity contribution is 5.84. The molecule has 10 heteroatoms. The minimum Gasteiger partial charge on any atom is -0.476 e. The number of alkyl halides is 3. The second kappa shape index (κ2) is 5.52. The van der Waals surface area contributed by atoms with Crippen LogP contribution in [0.5, 0.6) is 6.01 Å². The lowest BCUT2D eigenvalue weighted by molar-refractivity contribution is -0.141. The number of carbonyl (C=O) groups is 1. The Morgan fingerprint density at radius 3 is 2.70 bits per heavy atom. The SMILES string of the molecule is O=C(O)c1ccn(COc2nc(C3CC3)cc(C(F)(F)F)n2)n1. The van der Waals surface area contributed by atoms with Crippen LogP contribution in [-0.4, -0.2) is 30.8 Å². The molecule has 1 saturated carbocycles. The Labute approximate surface area is 127 Å². The summed E-state index contributed by atoms with van der Waals surface area (Å²) in [6.07, 6.45) is -1.69. The molecule has 2 aromatic rings. The predicted molar refractivity (Wildman–Crippen MR) is 68.8 cm³/mol. The van der Waals surface area contributed by atoms with Gasteiger partial charge in [0.25, 0.3) is 0 Å². The first kappa shape index (κ1) is 15.3. The third-order valence-electron chi connectivity index (χ3n) is 3.20. The number of aromatic carboxylic acids is 1. The predicted octanol–water partition coefficient (Wildman–Crippen LogP) is 2.30. The number of rotatable bonds is 5. The molecule has 0 aromatic carbocycles. The molecule has 1 N–H and O–H groups in total. The lowest BCUT2D eigenvalue weighted by atomic mass is 10.2. The summed E-state index contributed by atoms with van der Waals surface area (Å²) >= 11 is 0. The summed E-state index contributed by atoms with van der Waals surface area (Å²) in [6.45, 7) is -0.293. The van der Waals surface area contributed by atoms with Gasteiger partial charge in [-0.1, -0.05) is 0 Å². The molecular formula is C13H11F3N4O3. The van der Waals surface area contributed by atoms with E-state index >= 15 is 0 Å². The molecular weight excluding hydrogens is 317 g/mol. The van der Waals surface area contributed by atoms with Crippen molar-refractivity contribution in [1.29, 1.82) is 0 Å². The first-order valence-corrected chi connectivity index (χ1v) is 6.68. The number of carboxylic acid groups (broad SMARTS) is 1. The summed E-state index contributed by atoms with van der Waals surface area (Å²) in [4.78, 5) is 18.0. The minimum atomic E-state index is -4.59. The molecule has 7 nitrogen and oxygen atoms in total. The number of hydrogen-bond donors (Lipinski definition) is 1. The fourth-order valence-corrected chi connectivity index (χ4v) is 1.91. The van der Waals surface area contributed by atoms with Gasteiger partial charge in [-0.05, 0) is 25.0 Å². The molecule has 0 unspecified atom stereocenters. The van der Waals surface area contributed by atoms with E-state index in [1.165, 1.54) is 12.3 Å². The van der Waals surface area contributed by atoms with Crippen LogP contribution >= 0.6 is 0 Å². The number of nitrogens with zero attached hydrogens (tertiary/aromatic N) is 4. The molecule has 0 radical (unpaired) electrons. The van der Waals surface area contributed by atoms with Gasteiger partial charge in [0.05, 0.1) is 5.69 Å². The summed E-state index contributed by atoms with van der Waals surface area (Å²) < 4.78 is 44.8. The Hall–Kier alpha value is -2.65. The van der Waals surface area contributed by atoms with Crippen LogP contribution in [0, 0.1) is 0 Å². The van der Waals surface area contributed by atoms with Crippen molar-refractivity contribution in [2.45, 2.75) is 31.7 Å². The Bertz CT molecular complexity index is 740. The van der Waals surface area contributed by atoms with Gasteiger partial charge in [0.1, 0.15) is 0 Å². The topological polar surface area (TPSA) is 90.1 Å². The van der Waals surface area contributed by atoms with Crippen LogP contribution in [0.3, 0.4) is 0 Å². The zero-order chi connectivity index (χ0) is 16.6. The Balaban J connectivity index is 1.78. The van der Waals surface area contributed by atoms with E-state index in [2.05, 4.69) is 15.1 Å². The van der Waals surface area contributed by atoms with Gasteiger partial charge in [-0.2, -0.15) is 28.2 Å². The summed E-state index contributed by atoms with van der Waals surface area (Å²) in [5.41, 5.74) is -0.956. The quantitative estimate of drug-likeness (QED) is 0.906. The van der Waals surface area contributed by atoms with Gasteiger partial charge in [0.15, 0.2) is 18.1 Å². The molecule has 0 bridgehead atoms. The monoisotopic (exact) mass is 328 g/mol. The van der Waals surface area contributed by atoms with Gasteiger partial charge in [0, 0.05) is 12.1 Å². The van der Waals surface area contributed by atoms with E-state index < -0.39 is 23.8 Å². The van der Waals surface area contributed by atoms with Crippen molar-refractivity contribution >= 4 is 5.97 Å². The van der Waals surface area contributed by atoms with Crippen LogP contribution in [0.1, 0.15) is 40.6 Å². The van der Waals surface area contributed by atoms with Gasteiger partial charge < -0.3 is 9.84 Å². The molecule has 0 aliphatic heterocycles. The largest absolute Gasteiger partial charge is 0.476 e. The third-order valence-corrected chi connectivity index (χ3v) is 3.20. The molecule has 122 valence electrons. The summed E-state index contributed by atoms with van der Waals surface area (Å²) in [6, 6.07) is 1.77. The fourth-order valence-electron chi connectivity index (χ4n) is 1.91. The number of carboxylic acids is 1. The molecule has 0 atom stereocenters. The van der Waals surface area contributed by atoms with Crippen LogP contribution in [-0.2, 0) is 12.9 Å². The van der Waals surface area contributed by atoms with E-state index in [0.29, 0.717) is 5.69 Å². The van der Waals surface area contributed by atoms with Gasteiger partial charge in [-0.3, -0.25) is 0 Å². The fraction of sp³-hybridized carbons (Fsp3) is 0.385. The smallest absolute Gasteiger partial charge is 0.433 e. The van der Waals surface area contributed by atoms with E-state index in [9.17, 15) is 18.0 Å². The maximum atomic E-state index is 12.9. The van der Waals surface area contributed by atoms with Crippen LogP contribution < -0.4 is 4.74 Å². The average molecular weight is 328 g/mol. The highest BCUT2D eigenvalue weighted by Gasteiger charge is 2.36. The van der Waals surface area contributed by atoms with Crippen LogP contribution in [0.25, 0.3) is 0 Å². The Kier molecular flexibility index (Phi) is 3.66. The average Bonchev–Trinajstić information content (AvgIpc) is 3.22. The van der Waals surface area contributed by atoms with Crippen LogP contribution in [0.2, 0.25) is 0 Å². The van der Waals surface area contributed by atoms with Gasteiger partial charge in [-0.15, -0.1) is 0 Å². The molecule has 2 heterocycles. The van der Waals surface area contributed by atoms with Crippen LogP contribution in [0.15, 0.2) is 18.3 Å². The molecule has 0 amide bonds. The van der Waals surface area contributed by atoms with Crippen molar-refractivity contribution in [3.05, 3.63) is 35.4 Å². The Morgan fingerprint density at radius 2 is 2.13 bits per heavy atom. The van der Waals surface area contributed by atoms with E-state index in [4.69, 9.17) is 9.84 Å². The van der Waals surface area contributed by atoms with Crippen molar-refractivity contribution in [3.63, 3.8) is 0 Å². The highest BCUT2D eigenvalue weighted by Crippen LogP contribution is 2.41. The van der Waals surface area contributed by atoms with Gasteiger partial charge in [0.2, 0.25) is 0 Å². The highest BCUT2D eigenvalue weighted by atomic mass is 19.4. The summed E-state index contributed by atoms with van der Waals surface area (Å²) in [5, 5.41) is 12.4. The third kappa shape index (κ3) is 3.58. The molecule has 0 spiro atoms. The first-order valence-electron chi connectivity index (χ1n) is 6.68. The maximum Gasteiger partial charge on any atom is 0.433 e. The molecule has 23 heavy (non-hydrogen) atoms. The lowest BCUT2D eigenvalue weighted by Crippen LogP contribution is -2.14. The summed E-state index contributed by atoms with van der Waals surface area (Å²) in [7, 11) is 0. The molecule has 1 fully saturated rings. The summed E-state index contributed by atoms with van der Waals surface area (Å²) in [5.74, 6) is -1.21. The normalized spacial score (nSPS) is 14.7. The van der Waals surface area contributed by atoms with Crippen molar-refractivity contribution in [1.82, 2.24) is 19.7 Å². The second-order valence-electron chi connectivity index (χ2n) is 5.05. The van der Waals surface area contributed by atoms with E-state index in [1.807, 2.05) is 0 Å².